The fourth-order valence-electron chi connectivity index (χ4n) is 2.29. The van der Waals surface area contributed by atoms with Crippen LogP contribution in [0.5, 0.6) is 0 Å². The average molecular weight is 286 g/mol. The lowest BCUT2D eigenvalue weighted by atomic mass is 9.83. The van der Waals surface area contributed by atoms with Crippen molar-refractivity contribution in [1.29, 1.82) is 0 Å². The lowest BCUT2D eigenvalue weighted by molar-refractivity contribution is -0.149. The fourth-order valence-corrected chi connectivity index (χ4v) is 2.29. The predicted molar refractivity (Wildman–Crippen MR) is 75.1 cm³/mol. The van der Waals surface area contributed by atoms with Gasteiger partial charge < -0.3 is 20.5 Å². The molecule has 6 nitrogen and oxygen atoms in total. The number of rotatable bonds is 3. The van der Waals surface area contributed by atoms with Crippen LogP contribution in [0.4, 0.5) is 4.79 Å². The second-order valence-electron chi connectivity index (χ2n) is 6.18. The third kappa shape index (κ3) is 5.36. The van der Waals surface area contributed by atoms with Gasteiger partial charge in [-0.05, 0) is 47.0 Å². The fraction of sp³-hybridized carbons (Fsp3) is 0.857. The summed E-state index contributed by atoms with van der Waals surface area (Å²) >= 11 is 0. The first-order valence-corrected chi connectivity index (χ1v) is 7.14. The Morgan fingerprint density at radius 3 is 2.50 bits per heavy atom. The summed E-state index contributed by atoms with van der Waals surface area (Å²) in [7, 11) is 0. The van der Waals surface area contributed by atoms with Crippen LogP contribution in [0.15, 0.2) is 0 Å². The van der Waals surface area contributed by atoms with E-state index in [1.54, 1.807) is 27.7 Å². The summed E-state index contributed by atoms with van der Waals surface area (Å²) < 4.78 is 10.2. The maximum Gasteiger partial charge on any atom is 0.407 e. The molecular formula is C14H26N2O4. The van der Waals surface area contributed by atoms with Crippen LogP contribution in [0.25, 0.3) is 0 Å². The van der Waals surface area contributed by atoms with Crippen molar-refractivity contribution in [3.8, 4) is 0 Å². The SMILES string of the molecule is CCOC(=O)[C@H]1CC[C@H](N)[C@@H](NC(=O)OC(C)(C)C)C1. The average Bonchev–Trinajstić information content (AvgIpc) is 2.29. The minimum absolute atomic E-state index is 0.159. The maximum absolute atomic E-state index is 11.8. The molecule has 3 N–H and O–H groups in total. The molecule has 1 aliphatic carbocycles. The van der Waals surface area contributed by atoms with Crippen LogP contribution >= 0.6 is 0 Å². The Labute approximate surface area is 120 Å². The molecule has 0 unspecified atom stereocenters. The van der Waals surface area contributed by atoms with Crippen LogP contribution < -0.4 is 11.1 Å². The number of carbonyl (C=O) groups excluding carboxylic acids is 2. The van der Waals surface area contributed by atoms with Gasteiger partial charge in [-0.3, -0.25) is 4.79 Å². The molecule has 0 aromatic carbocycles. The van der Waals surface area contributed by atoms with E-state index < -0.39 is 11.7 Å². The first kappa shape index (κ1) is 16.8. The van der Waals surface area contributed by atoms with Crippen LogP contribution in [-0.4, -0.2) is 36.4 Å². The molecule has 0 heterocycles. The highest BCUT2D eigenvalue weighted by molar-refractivity contribution is 5.73. The molecule has 0 aromatic rings. The Balaban J connectivity index is 2.54. The molecule has 1 aliphatic rings. The molecule has 0 saturated heterocycles. The van der Waals surface area contributed by atoms with Crippen LogP contribution in [0.3, 0.4) is 0 Å². The number of esters is 1. The van der Waals surface area contributed by atoms with E-state index in [4.69, 9.17) is 15.2 Å². The lowest BCUT2D eigenvalue weighted by Crippen LogP contribution is -2.53. The first-order chi connectivity index (χ1) is 9.23. The highest BCUT2D eigenvalue weighted by atomic mass is 16.6. The highest BCUT2D eigenvalue weighted by Gasteiger charge is 2.34. The summed E-state index contributed by atoms with van der Waals surface area (Å²) in [5.41, 5.74) is 5.45. The van der Waals surface area contributed by atoms with E-state index in [-0.39, 0.29) is 24.0 Å². The zero-order chi connectivity index (χ0) is 15.3. The molecule has 0 bridgehead atoms. The molecule has 1 amide bonds. The number of hydrogen-bond donors (Lipinski definition) is 2. The summed E-state index contributed by atoms with van der Waals surface area (Å²) in [6.45, 7) is 7.55. The zero-order valence-corrected chi connectivity index (χ0v) is 12.8. The van der Waals surface area contributed by atoms with Crippen molar-refractivity contribution in [2.24, 2.45) is 11.7 Å². The standard InChI is InChI=1S/C14H26N2O4/c1-5-19-12(17)9-6-7-10(15)11(8-9)16-13(18)20-14(2,3)4/h9-11H,5-8,15H2,1-4H3,(H,16,18)/t9-,10-,11-/m0/s1. The molecule has 1 fully saturated rings. The molecule has 0 aliphatic heterocycles. The number of carbonyl (C=O) groups is 2. The van der Waals surface area contributed by atoms with E-state index in [1.165, 1.54) is 0 Å². The second-order valence-corrected chi connectivity index (χ2v) is 6.18. The van der Waals surface area contributed by atoms with Gasteiger partial charge in [0.25, 0.3) is 0 Å². The van der Waals surface area contributed by atoms with Gasteiger partial charge in [-0.1, -0.05) is 0 Å². The monoisotopic (exact) mass is 286 g/mol. The van der Waals surface area contributed by atoms with Crippen molar-refractivity contribution < 1.29 is 19.1 Å². The molecular weight excluding hydrogens is 260 g/mol. The maximum atomic E-state index is 11.8. The van der Waals surface area contributed by atoms with Gasteiger partial charge in [0, 0.05) is 12.1 Å². The molecule has 20 heavy (non-hydrogen) atoms. The molecule has 0 spiro atoms. The third-order valence-electron chi connectivity index (χ3n) is 3.23. The summed E-state index contributed by atoms with van der Waals surface area (Å²) in [5.74, 6) is -0.412. The van der Waals surface area contributed by atoms with Crippen LogP contribution in [0, 0.1) is 5.92 Å². The summed E-state index contributed by atoms with van der Waals surface area (Å²) in [4.78, 5) is 23.5. The highest BCUT2D eigenvalue weighted by Crippen LogP contribution is 2.25. The molecule has 3 atom stereocenters. The van der Waals surface area contributed by atoms with Gasteiger partial charge in [0.2, 0.25) is 0 Å². The van der Waals surface area contributed by atoms with Gasteiger partial charge in [0.05, 0.1) is 12.5 Å². The number of amides is 1. The van der Waals surface area contributed by atoms with E-state index in [1.807, 2.05) is 0 Å². The summed E-state index contributed by atoms with van der Waals surface area (Å²) in [5, 5.41) is 2.76. The quantitative estimate of drug-likeness (QED) is 0.768. The smallest absolute Gasteiger partial charge is 0.407 e. The number of nitrogens with two attached hydrogens (primary N) is 1. The molecule has 1 saturated carbocycles. The Hall–Kier alpha value is -1.30. The predicted octanol–water partition coefficient (Wildman–Crippen LogP) is 1.57. The minimum Gasteiger partial charge on any atom is -0.466 e. The van der Waals surface area contributed by atoms with E-state index in [0.29, 0.717) is 25.9 Å². The van der Waals surface area contributed by atoms with Gasteiger partial charge >= 0.3 is 12.1 Å². The number of alkyl carbamates (subject to hydrolysis) is 1. The van der Waals surface area contributed by atoms with E-state index in [2.05, 4.69) is 5.32 Å². The van der Waals surface area contributed by atoms with E-state index >= 15 is 0 Å². The second kappa shape index (κ2) is 6.92. The van der Waals surface area contributed by atoms with Crippen LogP contribution in [0.2, 0.25) is 0 Å². The number of nitrogens with one attached hydrogen (secondary N) is 1. The van der Waals surface area contributed by atoms with Crippen LogP contribution in [0.1, 0.15) is 47.0 Å². The topological polar surface area (TPSA) is 90.6 Å². The normalized spacial score (nSPS) is 26.8. The van der Waals surface area contributed by atoms with Crippen molar-refractivity contribution in [2.75, 3.05) is 6.61 Å². The number of ether oxygens (including phenoxy) is 2. The first-order valence-electron chi connectivity index (χ1n) is 7.14. The van der Waals surface area contributed by atoms with Crippen LogP contribution in [-0.2, 0) is 14.3 Å². The Bertz CT molecular complexity index is 352. The Morgan fingerprint density at radius 1 is 1.30 bits per heavy atom. The summed E-state index contributed by atoms with van der Waals surface area (Å²) in [6.07, 6.45) is 1.39. The van der Waals surface area contributed by atoms with Gasteiger partial charge in [-0.2, -0.15) is 0 Å². The van der Waals surface area contributed by atoms with Crippen molar-refractivity contribution in [3.05, 3.63) is 0 Å². The summed E-state index contributed by atoms with van der Waals surface area (Å²) in [6, 6.07) is -0.416. The van der Waals surface area contributed by atoms with Gasteiger partial charge in [-0.15, -0.1) is 0 Å². The molecule has 6 heteroatoms. The minimum atomic E-state index is -0.552. The van der Waals surface area contributed by atoms with Crippen molar-refractivity contribution in [2.45, 2.75) is 64.6 Å². The molecule has 0 aromatic heterocycles. The Kier molecular flexibility index (Phi) is 5.80. The zero-order valence-electron chi connectivity index (χ0n) is 12.8. The lowest BCUT2D eigenvalue weighted by Gasteiger charge is -2.34. The third-order valence-corrected chi connectivity index (χ3v) is 3.23. The van der Waals surface area contributed by atoms with Crippen molar-refractivity contribution in [1.82, 2.24) is 5.32 Å². The molecule has 1 rings (SSSR count). The van der Waals surface area contributed by atoms with Gasteiger partial charge in [0.1, 0.15) is 5.60 Å². The largest absolute Gasteiger partial charge is 0.466 e. The number of hydrogen-bond acceptors (Lipinski definition) is 5. The molecule has 0 radical (unpaired) electrons. The van der Waals surface area contributed by atoms with Gasteiger partial charge in [-0.25, -0.2) is 4.79 Å². The molecule has 116 valence electrons. The van der Waals surface area contributed by atoms with E-state index in [9.17, 15) is 9.59 Å². The van der Waals surface area contributed by atoms with E-state index in [0.717, 1.165) is 0 Å². The Morgan fingerprint density at radius 2 is 1.95 bits per heavy atom. The van der Waals surface area contributed by atoms with Crippen molar-refractivity contribution >= 4 is 12.1 Å². The van der Waals surface area contributed by atoms with Crippen molar-refractivity contribution in [3.63, 3.8) is 0 Å². The van der Waals surface area contributed by atoms with Gasteiger partial charge in [0.15, 0.2) is 0 Å².